The van der Waals surface area contributed by atoms with Crippen LogP contribution in [0.2, 0.25) is 0 Å². The molecule has 0 aromatic heterocycles. The van der Waals surface area contributed by atoms with E-state index in [0.717, 1.165) is 4.47 Å². The Bertz CT molecular complexity index is 410. The van der Waals surface area contributed by atoms with Crippen LogP contribution in [0.1, 0.15) is 31.4 Å². The number of hydrogen-bond donors (Lipinski definition) is 1. The minimum absolute atomic E-state index is 0.126. The monoisotopic (exact) mass is 339 g/mol. The van der Waals surface area contributed by atoms with Gasteiger partial charge in [0.05, 0.1) is 0 Å². The minimum Gasteiger partial charge on any atom is -0.326 e. The molecule has 2 N–H and O–H groups in total. The molecule has 2 unspecified atom stereocenters. The Balaban J connectivity index is 2.13. The van der Waals surface area contributed by atoms with Gasteiger partial charge in [0.1, 0.15) is 0 Å². The topological polar surface area (TPSA) is 32.5 Å². The first-order chi connectivity index (χ1) is 9.49. The fourth-order valence-electron chi connectivity index (χ4n) is 3.20. The highest BCUT2D eigenvalue weighted by Gasteiger charge is 2.28. The summed E-state index contributed by atoms with van der Waals surface area (Å²) in [5, 5.41) is 0. The molecule has 0 spiro atoms. The van der Waals surface area contributed by atoms with Gasteiger partial charge >= 0.3 is 0 Å². The van der Waals surface area contributed by atoms with Crippen LogP contribution >= 0.6 is 15.9 Å². The number of likely N-dealkylation sites (tertiary alicyclic amines) is 1. The third-order valence-corrected chi connectivity index (χ3v) is 4.94. The average Bonchev–Trinajstić information content (AvgIpc) is 2.41. The number of hydrogen-bond acceptors (Lipinski definition) is 3. The van der Waals surface area contributed by atoms with E-state index in [1.807, 2.05) is 0 Å². The van der Waals surface area contributed by atoms with Crippen molar-refractivity contribution in [3.63, 3.8) is 0 Å². The molecule has 0 amide bonds. The van der Waals surface area contributed by atoms with Gasteiger partial charge in [0, 0.05) is 22.6 Å². The molecule has 1 aromatic carbocycles. The van der Waals surface area contributed by atoms with E-state index in [9.17, 15) is 0 Å². The smallest absolute Gasteiger partial charge is 0.0496 e. The summed E-state index contributed by atoms with van der Waals surface area (Å²) in [5.41, 5.74) is 7.59. The number of halogens is 1. The first-order valence-electron chi connectivity index (χ1n) is 7.40. The van der Waals surface area contributed by atoms with E-state index in [-0.39, 0.29) is 12.1 Å². The van der Waals surface area contributed by atoms with Gasteiger partial charge in [-0.2, -0.15) is 0 Å². The Labute approximate surface area is 131 Å². The van der Waals surface area contributed by atoms with Gasteiger partial charge in [0.25, 0.3) is 0 Å². The molecule has 20 heavy (non-hydrogen) atoms. The molecule has 4 heteroatoms. The summed E-state index contributed by atoms with van der Waals surface area (Å²) in [5.74, 6) is 0. The normalized spacial score (nSPS) is 21.1. The summed E-state index contributed by atoms with van der Waals surface area (Å²) in [6.45, 7) is 4.47. The van der Waals surface area contributed by atoms with E-state index in [1.54, 1.807) is 0 Å². The lowest BCUT2D eigenvalue weighted by molar-refractivity contribution is 0.0969. The lowest BCUT2D eigenvalue weighted by atomic mass is 9.95. The largest absolute Gasteiger partial charge is 0.326 e. The third-order valence-electron chi connectivity index (χ3n) is 4.41. The Kier molecular flexibility index (Phi) is 5.61. The van der Waals surface area contributed by atoms with E-state index in [2.05, 4.69) is 71.0 Å². The second kappa shape index (κ2) is 7.03. The first-order valence-corrected chi connectivity index (χ1v) is 8.20. The highest BCUT2D eigenvalue weighted by Crippen LogP contribution is 2.28. The van der Waals surface area contributed by atoms with Crippen molar-refractivity contribution in [1.29, 1.82) is 0 Å². The molecule has 0 aliphatic carbocycles. The van der Waals surface area contributed by atoms with Crippen molar-refractivity contribution in [2.45, 2.75) is 37.9 Å². The minimum atomic E-state index is 0.126. The van der Waals surface area contributed by atoms with Crippen LogP contribution in [0.3, 0.4) is 0 Å². The lowest BCUT2D eigenvalue weighted by Crippen LogP contribution is -2.47. The number of piperidine rings is 1. The van der Waals surface area contributed by atoms with Gasteiger partial charge < -0.3 is 10.6 Å². The van der Waals surface area contributed by atoms with Gasteiger partial charge in [-0.05, 0) is 64.6 Å². The third kappa shape index (κ3) is 3.82. The quantitative estimate of drug-likeness (QED) is 0.915. The second-order valence-electron chi connectivity index (χ2n) is 6.06. The van der Waals surface area contributed by atoms with E-state index < -0.39 is 0 Å². The van der Waals surface area contributed by atoms with Crippen molar-refractivity contribution in [2.75, 3.05) is 27.2 Å². The maximum atomic E-state index is 6.28. The van der Waals surface area contributed by atoms with E-state index >= 15 is 0 Å². The van der Waals surface area contributed by atoms with Crippen molar-refractivity contribution in [3.8, 4) is 0 Å². The van der Waals surface area contributed by atoms with E-state index in [4.69, 9.17) is 5.73 Å². The Morgan fingerprint density at radius 1 is 1.25 bits per heavy atom. The summed E-state index contributed by atoms with van der Waals surface area (Å²) >= 11 is 3.50. The summed E-state index contributed by atoms with van der Waals surface area (Å²) in [4.78, 5) is 4.89. The summed E-state index contributed by atoms with van der Waals surface area (Å²) in [7, 11) is 4.43. The Morgan fingerprint density at radius 2 is 1.80 bits per heavy atom. The molecular weight excluding hydrogens is 314 g/mol. The van der Waals surface area contributed by atoms with Crippen molar-refractivity contribution in [2.24, 2.45) is 5.73 Å². The van der Waals surface area contributed by atoms with Crippen LogP contribution < -0.4 is 5.73 Å². The molecule has 112 valence electrons. The molecule has 1 aliphatic heterocycles. The standard InChI is InChI=1S/C16H26BrN3/c1-12(18)16(13-4-6-14(17)7-5-13)20(3)15-8-10-19(2)11-9-15/h4-7,12,15-16H,8-11,18H2,1-3H3. The predicted octanol–water partition coefficient (Wildman–Crippen LogP) is 2.86. The van der Waals surface area contributed by atoms with Crippen molar-refractivity contribution >= 4 is 15.9 Å². The van der Waals surface area contributed by atoms with Crippen molar-refractivity contribution < 1.29 is 0 Å². The SMILES string of the molecule is CC(N)C(c1ccc(Br)cc1)N(C)C1CCN(C)CC1. The average molecular weight is 340 g/mol. The van der Waals surface area contributed by atoms with Crippen LogP contribution in [0.25, 0.3) is 0 Å². The molecule has 2 rings (SSSR count). The molecule has 0 radical (unpaired) electrons. The van der Waals surface area contributed by atoms with E-state index in [0.29, 0.717) is 6.04 Å². The van der Waals surface area contributed by atoms with Crippen LogP contribution in [0.15, 0.2) is 28.7 Å². The molecular formula is C16H26BrN3. The number of rotatable bonds is 4. The number of likely N-dealkylation sites (N-methyl/N-ethyl adjacent to an activating group) is 1. The van der Waals surface area contributed by atoms with Gasteiger partial charge in [0.2, 0.25) is 0 Å². The molecule has 1 aromatic rings. The first kappa shape index (κ1) is 16.0. The molecule has 1 saturated heterocycles. The maximum Gasteiger partial charge on any atom is 0.0496 e. The van der Waals surface area contributed by atoms with Gasteiger partial charge in [-0.3, -0.25) is 4.90 Å². The molecule has 3 nitrogen and oxygen atoms in total. The summed E-state index contributed by atoms with van der Waals surface area (Å²) in [6, 6.07) is 9.62. The van der Waals surface area contributed by atoms with Gasteiger partial charge in [-0.1, -0.05) is 28.1 Å². The zero-order valence-electron chi connectivity index (χ0n) is 12.7. The predicted molar refractivity (Wildman–Crippen MR) is 88.8 cm³/mol. The Morgan fingerprint density at radius 3 is 2.30 bits per heavy atom. The highest BCUT2D eigenvalue weighted by atomic mass is 79.9. The molecule has 0 saturated carbocycles. The van der Waals surface area contributed by atoms with Crippen LogP contribution in [0.5, 0.6) is 0 Å². The summed E-state index contributed by atoms with van der Waals surface area (Å²) in [6.07, 6.45) is 2.46. The number of benzene rings is 1. The van der Waals surface area contributed by atoms with Crippen molar-refractivity contribution in [1.82, 2.24) is 9.80 Å². The second-order valence-corrected chi connectivity index (χ2v) is 6.97. The zero-order valence-corrected chi connectivity index (χ0v) is 14.3. The van der Waals surface area contributed by atoms with Gasteiger partial charge in [0.15, 0.2) is 0 Å². The molecule has 2 atom stereocenters. The molecule has 1 heterocycles. The highest BCUT2D eigenvalue weighted by molar-refractivity contribution is 9.10. The van der Waals surface area contributed by atoms with Crippen LogP contribution in [-0.2, 0) is 0 Å². The maximum absolute atomic E-state index is 6.28. The summed E-state index contributed by atoms with van der Waals surface area (Å²) < 4.78 is 1.12. The van der Waals surface area contributed by atoms with Gasteiger partial charge in [-0.25, -0.2) is 0 Å². The van der Waals surface area contributed by atoms with Crippen molar-refractivity contribution in [3.05, 3.63) is 34.3 Å². The zero-order chi connectivity index (χ0) is 14.7. The Hall–Kier alpha value is -0.420. The fourth-order valence-corrected chi connectivity index (χ4v) is 3.46. The van der Waals surface area contributed by atoms with Gasteiger partial charge in [-0.15, -0.1) is 0 Å². The van der Waals surface area contributed by atoms with Crippen LogP contribution in [-0.4, -0.2) is 49.1 Å². The lowest BCUT2D eigenvalue weighted by Gasteiger charge is -2.41. The fraction of sp³-hybridized carbons (Fsp3) is 0.625. The molecule has 1 fully saturated rings. The number of nitrogens with zero attached hydrogens (tertiary/aromatic N) is 2. The van der Waals surface area contributed by atoms with Crippen LogP contribution in [0.4, 0.5) is 0 Å². The van der Waals surface area contributed by atoms with E-state index in [1.165, 1.54) is 31.5 Å². The molecule has 0 bridgehead atoms. The van der Waals surface area contributed by atoms with Crippen LogP contribution in [0, 0.1) is 0 Å². The molecule has 1 aliphatic rings. The number of nitrogens with two attached hydrogens (primary N) is 1.